The molecule has 2 N–H and O–H groups in total. The zero-order valence-electron chi connectivity index (χ0n) is 34.1. The molecule has 4 nitrogen and oxygen atoms in total. The summed E-state index contributed by atoms with van der Waals surface area (Å²) in [6.45, 7) is 0. The highest BCUT2D eigenvalue weighted by molar-refractivity contribution is 6.02. The first kappa shape index (κ1) is 39.4. The van der Waals surface area contributed by atoms with E-state index < -0.39 is 0 Å². The lowest BCUT2D eigenvalue weighted by molar-refractivity contribution is 1.31. The van der Waals surface area contributed by atoms with Crippen LogP contribution >= 0.6 is 0 Å². The SMILES string of the molecule is C#Cc1ccc(C#C)c(-c2c3nc(c(-c4cc(C#C)ccc4C#C)c4ccc([nH]4)c(-c4cc(C#C)ccc4C#C)c4nc(c(-c5cc(C#C)ccc5C#C)c5ccc2[nH]5)C=C4)C=C3)c1. The van der Waals surface area contributed by atoms with E-state index in [0.717, 1.165) is 0 Å². The van der Waals surface area contributed by atoms with Crippen molar-refractivity contribution >= 4 is 46.4 Å². The minimum atomic E-state index is 0.603. The monoisotopic (exact) mass is 806 g/mol. The Bertz CT molecular complexity index is 3320. The van der Waals surface area contributed by atoms with Crippen LogP contribution in [0.1, 0.15) is 67.3 Å². The van der Waals surface area contributed by atoms with Gasteiger partial charge in [-0.1, -0.05) is 47.4 Å². The molecular weight excluding hydrogens is 777 g/mol. The topological polar surface area (TPSA) is 57.4 Å². The van der Waals surface area contributed by atoms with Gasteiger partial charge in [0, 0.05) is 111 Å². The minimum Gasteiger partial charge on any atom is -0.354 e. The third-order valence-corrected chi connectivity index (χ3v) is 11.2. The molecule has 0 fully saturated rings. The van der Waals surface area contributed by atoms with E-state index >= 15 is 0 Å². The summed E-state index contributed by atoms with van der Waals surface area (Å²) in [6.07, 6.45) is 56.4. The van der Waals surface area contributed by atoms with Crippen molar-refractivity contribution in [3.05, 3.63) is 164 Å². The van der Waals surface area contributed by atoms with Gasteiger partial charge in [-0.2, -0.15) is 0 Å². The van der Waals surface area contributed by atoms with Crippen molar-refractivity contribution in [2.45, 2.75) is 0 Å². The molecule has 5 heterocycles. The van der Waals surface area contributed by atoms with Crippen molar-refractivity contribution in [3.63, 3.8) is 0 Å². The molecule has 0 saturated heterocycles. The normalized spacial score (nSPS) is 10.9. The number of nitrogens with one attached hydrogen (secondary N) is 2. The van der Waals surface area contributed by atoms with Crippen LogP contribution in [-0.4, -0.2) is 19.9 Å². The van der Waals surface area contributed by atoms with Crippen molar-refractivity contribution in [3.8, 4) is 143 Å². The maximum atomic E-state index is 6.19. The van der Waals surface area contributed by atoms with Crippen LogP contribution in [-0.2, 0) is 0 Å². The molecule has 64 heavy (non-hydrogen) atoms. The zero-order chi connectivity index (χ0) is 44.5. The summed E-state index contributed by atoms with van der Waals surface area (Å²) in [4.78, 5) is 18.2. The van der Waals surface area contributed by atoms with Crippen LogP contribution < -0.4 is 0 Å². The summed E-state index contributed by atoms with van der Waals surface area (Å²) in [5, 5.41) is 0. The van der Waals surface area contributed by atoms with E-state index in [2.05, 4.69) is 57.3 Å². The van der Waals surface area contributed by atoms with Gasteiger partial charge in [0.25, 0.3) is 0 Å². The van der Waals surface area contributed by atoms with Crippen LogP contribution in [0.15, 0.2) is 97.1 Å². The van der Waals surface area contributed by atoms with E-state index in [1.54, 1.807) is 0 Å². The summed E-state index contributed by atoms with van der Waals surface area (Å²) in [7, 11) is 0. The number of nitrogens with zero attached hydrogens (tertiary/aromatic N) is 2. The molecule has 8 bridgehead atoms. The van der Waals surface area contributed by atoms with E-state index in [9.17, 15) is 0 Å². The van der Waals surface area contributed by atoms with Crippen molar-refractivity contribution in [1.82, 2.24) is 19.9 Å². The van der Waals surface area contributed by atoms with Gasteiger partial charge in [-0.05, 0) is 121 Å². The van der Waals surface area contributed by atoms with Gasteiger partial charge in [-0.15, -0.1) is 51.4 Å². The summed E-state index contributed by atoms with van der Waals surface area (Å²) in [6, 6.07) is 30.1. The van der Waals surface area contributed by atoms with E-state index in [-0.39, 0.29) is 0 Å². The number of fused-ring (bicyclic) bond motifs is 8. The number of H-pyrrole nitrogens is 2. The lowest BCUT2D eigenvalue weighted by Crippen LogP contribution is -1.94. The Kier molecular flexibility index (Phi) is 9.98. The number of rotatable bonds is 4. The Morgan fingerprint density at radius 1 is 0.297 bits per heavy atom. The maximum absolute atomic E-state index is 6.19. The van der Waals surface area contributed by atoms with Gasteiger partial charge in [0.05, 0.1) is 22.8 Å². The van der Waals surface area contributed by atoms with Gasteiger partial charge >= 0.3 is 0 Å². The molecule has 7 aromatic rings. The molecule has 4 aromatic carbocycles. The van der Waals surface area contributed by atoms with Gasteiger partial charge in [-0.25, -0.2) is 9.97 Å². The van der Waals surface area contributed by atoms with Crippen molar-refractivity contribution < 1.29 is 0 Å². The number of aromatic amines is 2. The molecule has 9 rings (SSSR count). The summed E-state index contributed by atoms with van der Waals surface area (Å²) >= 11 is 0. The second-order valence-corrected chi connectivity index (χ2v) is 14.7. The molecule has 290 valence electrons. The number of hydrogen-bond acceptors (Lipinski definition) is 2. The highest BCUT2D eigenvalue weighted by Gasteiger charge is 2.22. The minimum absolute atomic E-state index is 0.603. The average molecular weight is 807 g/mol. The molecule has 0 atom stereocenters. The van der Waals surface area contributed by atoms with Gasteiger partial charge in [0.15, 0.2) is 0 Å². The van der Waals surface area contributed by atoms with Crippen molar-refractivity contribution in [2.75, 3.05) is 0 Å². The van der Waals surface area contributed by atoms with Crippen LogP contribution in [0.4, 0.5) is 0 Å². The third kappa shape index (κ3) is 6.70. The summed E-state index contributed by atoms with van der Waals surface area (Å²) in [5.41, 5.74) is 15.8. The average Bonchev–Trinajstić information content (AvgIpc) is 4.20. The molecule has 0 unspecified atom stereocenters. The first-order valence-electron chi connectivity index (χ1n) is 19.8. The molecule has 0 radical (unpaired) electrons. The second-order valence-electron chi connectivity index (χ2n) is 14.7. The lowest BCUT2D eigenvalue weighted by Gasteiger charge is -2.11. The van der Waals surface area contributed by atoms with Crippen LogP contribution in [0.25, 0.3) is 90.9 Å². The molecule has 0 saturated carbocycles. The predicted octanol–water partition coefficient (Wildman–Crippen LogP) is 11.2. The smallest absolute Gasteiger partial charge is 0.0737 e. The molecule has 0 spiro atoms. The van der Waals surface area contributed by atoms with E-state index in [0.29, 0.717) is 134 Å². The standard InChI is InChI=1S/C60H30N4/c1-9-37-17-21-41(13-5)45(33-37)57-49-25-27-51(61-49)58(46-34-38(10-2)18-22-42(46)14-6)53-29-31-55(63-53)60(48-36-40(12-4)20-24-44(48)16-8)56-32-30-54(64-56)59(52-28-26-50(57)62-52)47-35-39(11-3)19-23-43(47)15-7/h1-8,17-36,61,64H. The lowest BCUT2D eigenvalue weighted by atomic mass is 9.96. The highest BCUT2D eigenvalue weighted by Crippen LogP contribution is 2.41. The largest absolute Gasteiger partial charge is 0.354 e. The van der Waals surface area contributed by atoms with Crippen LogP contribution in [0.3, 0.4) is 0 Å². The van der Waals surface area contributed by atoms with Crippen molar-refractivity contribution in [2.24, 2.45) is 0 Å². The first-order valence-corrected chi connectivity index (χ1v) is 19.8. The molecule has 4 heteroatoms. The Balaban J connectivity index is 1.56. The van der Waals surface area contributed by atoms with Crippen LogP contribution in [0.5, 0.6) is 0 Å². The van der Waals surface area contributed by atoms with Crippen LogP contribution in [0.2, 0.25) is 0 Å². The zero-order valence-corrected chi connectivity index (χ0v) is 34.1. The first-order chi connectivity index (χ1) is 31.3. The van der Waals surface area contributed by atoms with Gasteiger partial charge in [0.1, 0.15) is 0 Å². The molecular formula is C60H30N4. The second kappa shape index (κ2) is 16.2. The van der Waals surface area contributed by atoms with E-state index in [4.69, 9.17) is 61.4 Å². The maximum Gasteiger partial charge on any atom is 0.0737 e. The molecule has 0 amide bonds. The van der Waals surface area contributed by atoms with E-state index in [1.807, 2.05) is 121 Å². The molecule has 2 aliphatic heterocycles. The number of benzene rings is 4. The predicted molar refractivity (Wildman–Crippen MR) is 264 cm³/mol. The Morgan fingerprint density at radius 3 is 0.734 bits per heavy atom. The fourth-order valence-electron chi connectivity index (χ4n) is 8.21. The number of hydrogen-bond donors (Lipinski definition) is 2. The van der Waals surface area contributed by atoms with Crippen LogP contribution in [0, 0.1) is 98.8 Å². The van der Waals surface area contributed by atoms with Gasteiger partial charge in [-0.3, -0.25) is 0 Å². The Hall–Kier alpha value is -10.0. The number of terminal acetylenes is 8. The Morgan fingerprint density at radius 2 is 0.531 bits per heavy atom. The quantitative estimate of drug-likeness (QED) is 0.174. The van der Waals surface area contributed by atoms with Gasteiger partial charge in [0.2, 0.25) is 0 Å². The number of aromatic nitrogens is 4. The highest BCUT2D eigenvalue weighted by atomic mass is 14.8. The summed E-state index contributed by atoms with van der Waals surface area (Å²) in [5.74, 6) is 22.5. The summed E-state index contributed by atoms with van der Waals surface area (Å²) < 4.78 is 0. The fraction of sp³-hybridized carbons (Fsp3) is 0. The molecule has 3 aromatic heterocycles. The fourth-order valence-corrected chi connectivity index (χ4v) is 8.21. The van der Waals surface area contributed by atoms with E-state index in [1.165, 1.54) is 0 Å². The third-order valence-electron chi connectivity index (χ3n) is 11.2. The van der Waals surface area contributed by atoms with Gasteiger partial charge < -0.3 is 9.97 Å². The Labute approximate surface area is 372 Å². The van der Waals surface area contributed by atoms with Crippen molar-refractivity contribution in [1.29, 1.82) is 0 Å². The molecule has 0 aliphatic carbocycles. The molecule has 2 aliphatic rings.